The van der Waals surface area contributed by atoms with Gasteiger partial charge >= 0.3 is 0 Å². The third-order valence-corrected chi connectivity index (χ3v) is 3.64. The number of ether oxygens (including phenoxy) is 3. The van der Waals surface area contributed by atoms with Gasteiger partial charge in [0.1, 0.15) is 0 Å². The Balaban J connectivity index is 1.71. The van der Waals surface area contributed by atoms with Crippen molar-refractivity contribution in [1.82, 2.24) is 9.47 Å². The van der Waals surface area contributed by atoms with Gasteiger partial charge in [-0.05, 0) is 12.1 Å². The van der Waals surface area contributed by atoms with E-state index in [1.807, 2.05) is 0 Å². The number of hydrogen-bond acceptors (Lipinski definition) is 4. The number of hydrogen-bond donors (Lipinski definition) is 0. The second-order valence-corrected chi connectivity index (χ2v) is 4.80. The molecule has 5 nitrogen and oxygen atoms in total. The summed E-state index contributed by atoms with van der Waals surface area (Å²) in [4.78, 5) is 2.40. The average Bonchev–Trinajstić information content (AvgIpc) is 3.02. The molecule has 5 heteroatoms. The Morgan fingerprint density at radius 3 is 2.83 bits per heavy atom. The van der Waals surface area contributed by atoms with Crippen LogP contribution in [0.25, 0.3) is 0 Å². The third kappa shape index (κ3) is 2.44. The number of nitrogens with zero attached hydrogens (tertiary/aromatic N) is 2. The van der Waals surface area contributed by atoms with Gasteiger partial charge in [-0.2, -0.15) is 0 Å². The van der Waals surface area contributed by atoms with Gasteiger partial charge in [-0.15, -0.1) is 0 Å². The van der Waals surface area contributed by atoms with Crippen LogP contribution >= 0.6 is 0 Å². The standard InChI is InChI=1S/C13H20N2O3/c1-14-4-2-3-11(14)12-10-16-6-5-15(12)9-13-17-7-8-18-13/h2-4,12-13H,5-10H2,1H3/t12-/m1/s1. The average molecular weight is 252 g/mol. The van der Waals surface area contributed by atoms with Crippen LogP contribution in [0.5, 0.6) is 0 Å². The smallest absolute Gasteiger partial charge is 0.170 e. The molecule has 0 spiro atoms. The summed E-state index contributed by atoms with van der Waals surface area (Å²) in [6.07, 6.45) is 2.00. The lowest BCUT2D eigenvalue weighted by Crippen LogP contribution is -2.44. The van der Waals surface area contributed by atoms with Gasteiger partial charge < -0.3 is 18.8 Å². The van der Waals surface area contributed by atoms with Gasteiger partial charge in [0.15, 0.2) is 6.29 Å². The minimum atomic E-state index is -0.0779. The van der Waals surface area contributed by atoms with E-state index in [0.29, 0.717) is 19.3 Å². The summed E-state index contributed by atoms with van der Waals surface area (Å²) in [5.41, 5.74) is 1.28. The molecule has 3 heterocycles. The molecule has 0 aliphatic carbocycles. The Hall–Kier alpha value is -0.880. The highest BCUT2D eigenvalue weighted by atomic mass is 16.7. The van der Waals surface area contributed by atoms with Crippen molar-refractivity contribution >= 4 is 0 Å². The predicted octanol–water partition coefficient (Wildman–Crippen LogP) is 0.771. The molecule has 18 heavy (non-hydrogen) atoms. The molecule has 1 atom stereocenters. The minimum absolute atomic E-state index is 0.0779. The molecule has 0 aromatic carbocycles. The molecule has 0 bridgehead atoms. The molecule has 1 aromatic heterocycles. The lowest BCUT2D eigenvalue weighted by Gasteiger charge is -2.36. The van der Waals surface area contributed by atoms with Crippen LogP contribution in [-0.4, -0.2) is 55.3 Å². The summed E-state index contributed by atoms with van der Waals surface area (Å²) in [5, 5.41) is 0. The van der Waals surface area contributed by atoms with Crippen LogP contribution in [0.1, 0.15) is 11.7 Å². The van der Waals surface area contributed by atoms with Gasteiger partial charge in [-0.3, -0.25) is 4.90 Å². The van der Waals surface area contributed by atoms with Crippen molar-refractivity contribution in [2.45, 2.75) is 12.3 Å². The Morgan fingerprint density at radius 1 is 1.28 bits per heavy atom. The van der Waals surface area contributed by atoms with Crippen LogP contribution in [0, 0.1) is 0 Å². The highest BCUT2D eigenvalue weighted by Crippen LogP contribution is 2.25. The monoisotopic (exact) mass is 252 g/mol. The number of rotatable bonds is 3. The zero-order valence-electron chi connectivity index (χ0n) is 10.7. The second kappa shape index (κ2) is 5.40. The van der Waals surface area contributed by atoms with Crippen molar-refractivity contribution in [3.63, 3.8) is 0 Å². The van der Waals surface area contributed by atoms with E-state index in [9.17, 15) is 0 Å². The molecule has 0 N–H and O–H groups in total. The summed E-state index contributed by atoms with van der Waals surface area (Å²) >= 11 is 0. The topological polar surface area (TPSA) is 35.9 Å². The number of aromatic nitrogens is 1. The Bertz CT molecular complexity index is 387. The fourth-order valence-corrected chi connectivity index (χ4v) is 2.65. The zero-order chi connectivity index (χ0) is 12.4. The first-order chi connectivity index (χ1) is 8.84. The fourth-order valence-electron chi connectivity index (χ4n) is 2.65. The van der Waals surface area contributed by atoms with Crippen molar-refractivity contribution in [2.24, 2.45) is 7.05 Å². The molecule has 0 saturated carbocycles. The minimum Gasteiger partial charge on any atom is -0.378 e. The summed E-state index contributed by atoms with van der Waals surface area (Å²) in [7, 11) is 2.07. The molecule has 100 valence electrons. The van der Waals surface area contributed by atoms with Gasteiger partial charge in [0, 0.05) is 25.5 Å². The highest BCUT2D eigenvalue weighted by molar-refractivity contribution is 5.12. The first kappa shape index (κ1) is 12.2. The predicted molar refractivity (Wildman–Crippen MR) is 66.2 cm³/mol. The maximum Gasteiger partial charge on any atom is 0.170 e. The lowest BCUT2D eigenvalue weighted by atomic mass is 10.1. The van der Waals surface area contributed by atoms with Gasteiger partial charge in [0.2, 0.25) is 0 Å². The van der Waals surface area contributed by atoms with E-state index < -0.39 is 0 Å². The normalized spacial score (nSPS) is 26.8. The van der Waals surface area contributed by atoms with E-state index in [-0.39, 0.29) is 6.29 Å². The largest absolute Gasteiger partial charge is 0.378 e. The van der Waals surface area contributed by atoms with Crippen molar-refractivity contribution < 1.29 is 14.2 Å². The van der Waals surface area contributed by atoms with Crippen LogP contribution in [0.4, 0.5) is 0 Å². The van der Waals surface area contributed by atoms with E-state index in [1.165, 1.54) is 5.69 Å². The molecule has 2 aliphatic heterocycles. The van der Waals surface area contributed by atoms with E-state index in [0.717, 1.165) is 26.3 Å². The summed E-state index contributed by atoms with van der Waals surface area (Å²) < 4.78 is 18.9. The van der Waals surface area contributed by atoms with Gasteiger partial charge in [-0.25, -0.2) is 0 Å². The summed E-state index contributed by atoms with van der Waals surface area (Å²) in [6.45, 7) is 4.70. The number of aryl methyl sites for hydroxylation is 1. The molecule has 0 radical (unpaired) electrons. The maximum absolute atomic E-state index is 5.62. The molecular formula is C13H20N2O3. The SMILES string of the molecule is Cn1cccc1[C@H]1COCCN1CC1OCCO1. The van der Waals surface area contributed by atoms with Crippen LogP contribution in [0.2, 0.25) is 0 Å². The molecule has 1 aromatic rings. The molecule has 2 saturated heterocycles. The molecule has 0 amide bonds. The zero-order valence-corrected chi connectivity index (χ0v) is 10.7. The fraction of sp³-hybridized carbons (Fsp3) is 0.692. The van der Waals surface area contributed by atoms with Crippen LogP contribution in [-0.2, 0) is 21.3 Å². The Kier molecular flexibility index (Phi) is 3.65. The number of morpholine rings is 1. The molecule has 0 unspecified atom stereocenters. The van der Waals surface area contributed by atoms with Crippen LogP contribution < -0.4 is 0 Å². The Morgan fingerprint density at radius 2 is 2.11 bits per heavy atom. The highest BCUT2D eigenvalue weighted by Gasteiger charge is 2.29. The first-order valence-corrected chi connectivity index (χ1v) is 6.51. The van der Waals surface area contributed by atoms with Crippen molar-refractivity contribution in [3.05, 3.63) is 24.0 Å². The molecule has 2 fully saturated rings. The van der Waals surface area contributed by atoms with Crippen molar-refractivity contribution in [1.29, 1.82) is 0 Å². The molecule has 3 rings (SSSR count). The van der Waals surface area contributed by atoms with E-state index in [2.05, 4.69) is 34.8 Å². The van der Waals surface area contributed by atoms with Crippen LogP contribution in [0.15, 0.2) is 18.3 Å². The van der Waals surface area contributed by atoms with E-state index in [4.69, 9.17) is 14.2 Å². The van der Waals surface area contributed by atoms with Gasteiger partial charge in [0.05, 0.1) is 39.0 Å². The summed E-state index contributed by atoms with van der Waals surface area (Å²) in [6, 6.07) is 4.53. The van der Waals surface area contributed by atoms with E-state index >= 15 is 0 Å². The molecule has 2 aliphatic rings. The third-order valence-electron chi connectivity index (χ3n) is 3.64. The van der Waals surface area contributed by atoms with Crippen molar-refractivity contribution in [3.8, 4) is 0 Å². The lowest BCUT2D eigenvalue weighted by molar-refractivity contribution is -0.0941. The van der Waals surface area contributed by atoms with Gasteiger partial charge in [0.25, 0.3) is 0 Å². The summed E-state index contributed by atoms with van der Waals surface area (Å²) in [5.74, 6) is 0. The second-order valence-electron chi connectivity index (χ2n) is 4.80. The first-order valence-electron chi connectivity index (χ1n) is 6.51. The van der Waals surface area contributed by atoms with Gasteiger partial charge in [-0.1, -0.05) is 0 Å². The van der Waals surface area contributed by atoms with Crippen LogP contribution in [0.3, 0.4) is 0 Å². The quantitative estimate of drug-likeness (QED) is 0.796. The Labute approximate surface area is 107 Å². The molecular weight excluding hydrogens is 232 g/mol. The van der Waals surface area contributed by atoms with E-state index in [1.54, 1.807) is 0 Å². The van der Waals surface area contributed by atoms with Crippen molar-refractivity contribution in [2.75, 3.05) is 39.5 Å². The maximum atomic E-state index is 5.62.